The zero-order chi connectivity index (χ0) is 21.0. The molecule has 0 spiro atoms. The van der Waals surface area contributed by atoms with Gasteiger partial charge in [-0.25, -0.2) is 8.78 Å². The van der Waals surface area contributed by atoms with E-state index < -0.39 is 35.1 Å². The van der Waals surface area contributed by atoms with E-state index in [0.29, 0.717) is 5.01 Å². The van der Waals surface area contributed by atoms with Gasteiger partial charge in [0.25, 0.3) is 5.91 Å². The highest BCUT2D eigenvalue weighted by atomic mass is 32.1. The predicted molar refractivity (Wildman–Crippen MR) is 106 cm³/mol. The fraction of sp³-hybridized carbons (Fsp3) is 0.200. The summed E-state index contributed by atoms with van der Waals surface area (Å²) in [6.45, 7) is 3.41. The van der Waals surface area contributed by atoms with Crippen molar-refractivity contribution in [2.45, 2.75) is 19.9 Å². The van der Waals surface area contributed by atoms with Crippen LogP contribution >= 0.6 is 11.3 Å². The van der Waals surface area contributed by atoms with Crippen molar-refractivity contribution in [1.29, 1.82) is 0 Å². The second-order valence-corrected chi connectivity index (χ2v) is 7.54. The van der Waals surface area contributed by atoms with E-state index >= 15 is 0 Å². The number of nitrogens with one attached hydrogen (secondary N) is 2. The highest BCUT2D eigenvalue weighted by Crippen LogP contribution is 2.26. The van der Waals surface area contributed by atoms with Crippen LogP contribution in [0.25, 0.3) is 10.6 Å². The van der Waals surface area contributed by atoms with Crippen LogP contribution in [0.2, 0.25) is 0 Å². The molecule has 0 aliphatic carbocycles. The number of aromatic nitrogens is 2. The van der Waals surface area contributed by atoms with Gasteiger partial charge in [-0.05, 0) is 18.1 Å². The molecule has 0 radical (unpaired) electrons. The molecule has 0 aliphatic heterocycles. The van der Waals surface area contributed by atoms with Crippen LogP contribution in [-0.2, 0) is 4.79 Å². The number of halogens is 2. The average molecular weight is 416 g/mol. The smallest absolute Gasteiger partial charge is 0.257 e. The molecule has 0 fully saturated rings. The number of anilines is 1. The van der Waals surface area contributed by atoms with Crippen LogP contribution in [-0.4, -0.2) is 28.1 Å². The van der Waals surface area contributed by atoms with E-state index in [-0.39, 0.29) is 11.0 Å². The second-order valence-electron chi connectivity index (χ2n) is 6.56. The summed E-state index contributed by atoms with van der Waals surface area (Å²) >= 11 is 1.18. The molecule has 6 nitrogen and oxygen atoms in total. The lowest BCUT2D eigenvalue weighted by Gasteiger charge is -2.21. The van der Waals surface area contributed by atoms with Gasteiger partial charge >= 0.3 is 0 Å². The first-order valence-electron chi connectivity index (χ1n) is 8.81. The zero-order valence-corrected chi connectivity index (χ0v) is 16.5. The normalized spacial score (nSPS) is 11.9. The van der Waals surface area contributed by atoms with E-state index in [1.807, 2.05) is 30.3 Å². The number of nitrogens with zero attached hydrogens (tertiary/aromatic N) is 2. The molecule has 1 aromatic heterocycles. The van der Waals surface area contributed by atoms with Crippen molar-refractivity contribution in [3.8, 4) is 10.6 Å². The van der Waals surface area contributed by atoms with Crippen molar-refractivity contribution in [2.75, 3.05) is 5.32 Å². The van der Waals surface area contributed by atoms with Crippen molar-refractivity contribution in [3.63, 3.8) is 0 Å². The number of rotatable bonds is 6. The lowest BCUT2D eigenvalue weighted by molar-refractivity contribution is -0.118. The Kier molecular flexibility index (Phi) is 6.28. The monoisotopic (exact) mass is 416 g/mol. The number of benzene rings is 2. The van der Waals surface area contributed by atoms with Crippen molar-refractivity contribution in [2.24, 2.45) is 5.92 Å². The maximum absolute atomic E-state index is 13.8. The molecule has 150 valence electrons. The number of hydrogen-bond acceptors (Lipinski definition) is 5. The van der Waals surface area contributed by atoms with Crippen LogP contribution in [0.1, 0.15) is 24.2 Å². The molecule has 2 N–H and O–H groups in total. The molecule has 0 saturated carbocycles. The SMILES string of the molecule is CC(C)C(NC(=O)c1c(F)cccc1F)C(=O)Nc1nnc(-c2ccccc2)s1. The summed E-state index contributed by atoms with van der Waals surface area (Å²) in [7, 11) is 0. The molecule has 0 aliphatic rings. The summed E-state index contributed by atoms with van der Waals surface area (Å²) in [6, 6.07) is 11.4. The maximum Gasteiger partial charge on any atom is 0.257 e. The third-order valence-electron chi connectivity index (χ3n) is 4.10. The summed E-state index contributed by atoms with van der Waals surface area (Å²) in [5.41, 5.74) is 0.127. The zero-order valence-electron chi connectivity index (χ0n) is 15.6. The minimum absolute atomic E-state index is 0.255. The van der Waals surface area contributed by atoms with Crippen molar-refractivity contribution < 1.29 is 18.4 Å². The molecule has 1 unspecified atom stereocenters. The van der Waals surface area contributed by atoms with Gasteiger partial charge in [-0.15, -0.1) is 10.2 Å². The predicted octanol–water partition coefficient (Wildman–Crippen LogP) is 3.88. The highest BCUT2D eigenvalue weighted by Gasteiger charge is 2.28. The molecule has 29 heavy (non-hydrogen) atoms. The van der Waals surface area contributed by atoms with E-state index in [0.717, 1.165) is 23.8 Å². The number of hydrogen-bond donors (Lipinski definition) is 2. The van der Waals surface area contributed by atoms with Crippen LogP contribution in [0.4, 0.5) is 13.9 Å². The van der Waals surface area contributed by atoms with E-state index in [4.69, 9.17) is 0 Å². The van der Waals surface area contributed by atoms with Gasteiger partial charge in [-0.1, -0.05) is 61.6 Å². The first kappa shape index (κ1) is 20.5. The van der Waals surface area contributed by atoms with Gasteiger partial charge in [0.15, 0.2) is 0 Å². The van der Waals surface area contributed by atoms with Crippen molar-refractivity contribution in [1.82, 2.24) is 15.5 Å². The Morgan fingerprint density at radius 3 is 2.24 bits per heavy atom. The fourth-order valence-corrected chi connectivity index (χ4v) is 3.37. The van der Waals surface area contributed by atoms with Gasteiger partial charge in [0, 0.05) is 5.56 Å². The molecular weight excluding hydrogens is 398 g/mol. The van der Waals surface area contributed by atoms with E-state index in [1.165, 1.54) is 11.3 Å². The Morgan fingerprint density at radius 2 is 1.62 bits per heavy atom. The minimum Gasteiger partial charge on any atom is -0.340 e. The van der Waals surface area contributed by atoms with Gasteiger partial charge in [-0.2, -0.15) is 0 Å². The van der Waals surface area contributed by atoms with Gasteiger partial charge in [0.1, 0.15) is 28.2 Å². The largest absolute Gasteiger partial charge is 0.340 e. The van der Waals surface area contributed by atoms with E-state index in [2.05, 4.69) is 20.8 Å². The first-order valence-corrected chi connectivity index (χ1v) is 9.63. The van der Waals surface area contributed by atoms with Crippen LogP contribution in [0.15, 0.2) is 48.5 Å². The van der Waals surface area contributed by atoms with Crippen LogP contribution in [0, 0.1) is 17.6 Å². The molecule has 2 amide bonds. The Balaban J connectivity index is 1.73. The Hall–Kier alpha value is -3.20. The van der Waals surface area contributed by atoms with Crippen molar-refractivity contribution in [3.05, 3.63) is 65.7 Å². The maximum atomic E-state index is 13.8. The lowest BCUT2D eigenvalue weighted by Crippen LogP contribution is -2.47. The van der Waals surface area contributed by atoms with Gasteiger partial charge < -0.3 is 5.32 Å². The molecule has 0 bridgehead atoms. The Morgan fingerprint density at radius 1 is 0.966 bits per heavy atom. The molecule has 9 heteroatoms. The van der Waals surface area contributed by atoms with Gasteiger partial charge in [0.2, 0.25) is 11.0 Å². The topological polar surface area (TPSA) is 84.0 Å². The van der Waals surface area contributed by atoms with Gasteiger partial charge in [-0.3, -0.25) is 14.9 Å². The third-order valence-corrected chi connectivity index (χ3v) is 4.99. The van der Waals surface area contributed by atoms with Crippen LogP contribution in [0.3, 0.4) is 0 Å². The highest BCUT2D eigenvalue weighted by molar-refractivity contribution is 7.18. The fourth-order valence-electron chi connectivity index (χ4n) is 2.62. The lowest BCUT2D eigenvalue weighted by atomic mass is 10.0. The number of amides is 2. The average Bonchev–Trinajstić information content (AvgIpc) is 3.14. The molecule has 3 aromatic rings. The van der Waals surface area contributed by atoms with Crippen LogP contribution < -0.4 is 10.6 Å². The third kappa shape index (κ3) is 4.80. The standard InChI is InChI=1S/C20H18F2N4O2S/c1-11(2)16(23-17(27)15-13(21)9-6-10-14(15)22)18(28)24-20-26-25-19(29-20)12-7-4-3-5-8-12/h3-11,16H,1-2H3,(H,23,27)(H,24,26,28). The molecular formula is C20H18F2N4O2S. The van der Waals surface area contributed by atoms with E-state index in [1.54, 1.807) is 13.8 Å². The minimum atomic E-state index is -1.02. The van der Waals surface area contributed by atoms with Crippen molar-refractivity contribution >= 4 is 28.3 Å². The molecule has 2 aromatic carbocycles. The summed E-state index contributed by atoms with van der Waals surface area (Å²) < 4.78 is 27.7. The first-order chi connectivity index (χ1) is 13.9. The summed E-state index contributed by atoms with van der Waals surface area (Å²) in [5.74, 6) is -3.89. The Labute approximate surface area is 170 Å². The molecule has 0 saturated heterocycles. The second kappa shape index (κ2) is 8.87. The summed E-state index contributed by atoms with van der Waals surface area (Å²) in [4.78, 5) is 25.0. The summed E-state index contributed by atoms with van der Waals surface area (Å²) in [5, 5.41) is 13.9. The molecule has 3 rings (SSSR count). The van der Waals surface area contributed by atoms with Gasteiger partial charge in [0.05, 0.1) is 0 Å². The Bertz CT molecular complexity index is 1000. The van der Waals surface area contributed by atoms with Crippen LogP contribution in [0.5, 0.6) is 0 Å². The number of carbonyl (C=O) groups is 2. The molecule has 1 atom stereocenters. The molecule has 1 heterocycles. The van der Waals surface area contributed by atoms with E-state index in [9.17, 15) is 18.4 Å². The number of carbonyl (C=O) groups excluding carboxylic acids is 2. The quantitative estimate of drug-likeness (QED) is 0.639. The summed E-state index contributed by atoms with van der Waals surface area (Å²) in [6.07, 6.45) is 0.